The van der Waals surface area contributed by atoms with E-state index in [1.165, 1.54) is 12.1 Å². The third kappa shape index (κ3) is 3.95. The van der Waals surface area contributed by atoms with Crippen LogP contribution in [0.1, 0.15) is 5.56 Å². The zero-order chi connectivity index (χ0) is 16.9. The Bertz CT molecular complexity index is 718. The highest BCUT2D eigenvalue weighted by Gasteiger charge is 2.21. The molecule has 0 aliphatic carbocycles. The molecule has 0 radical (unpaired) electrons. The molecule has 0 amide bonds. The SMILES string of the molecule is COc1ccc(CN(C[C@H]2COC(N)=N2)c2cccc(F)c2)cc1. The summed E-state index contributed by atoms with van der Waals surface area (Å²) in [4.78, 5) is 6.33. The lowest BCUT2D eigenvalue weighted by Gasteiger charge is -2.26. The molecule has 0 bridgehead atoms. The molecule has 3 rings (SSSR count). The fraction of sp³-hybridized carbons (Fsp3) is 0.278. The van der Waals surface area contributed by atoms with Crippen molar-refractivity contribution >= 4 is 11.7 Å². The maximum atomic E-state index is 13.6. The third-order valence-corrected chi connectivity index (χ3v) is 3.87. The topological polar surface area (TPSA) is 60.1 Å². The van der Waals surface area contributed by atoms with Crippen LogP contribution in [0.3, 0.4) is 0 Å². The first-order valence-electron chi connectivity index (χ1n) is 7.73. The van der Waals surface area contributed by atoms with Gasteiger partial charge in [0.05, 0.1) is 7.11 Å². The summed E-state index contributed by atoms with van der Waals surface area (Å²) in [5.41, 5.74) is 7.47. The van der Waals surface area contributed by atoms with Crippen LogP contribution in [0.25, 0.3) is 0 Å². The van der Waals surface area contributed by atoms with Crippen molar-refractivity contribution in [3.63, 3.8) is 0 Å². The Morgan fingerprint density at radius 1 is 1.29 bits per heavy atom. The van der Waals surface area contributed by atoms with Crippen LogP contribution in [-0.2, 0) is 11.3 Å². The zero-order valence-electron chi connectivity index (χ0n) is 13.5. The number of aliphatic imine (C=N–C) groups is 1. The van der Waals surface area contributed by atoms with Gasteiger partial charge >= 0.3 is 0 Å². The predicted molar refractivity (Wildman–Crippen MR) is 91.8 cm³/mol. The molecule has 2 N–H and O–H groups in total. The van der Waals surface area contributed by atoms with E-state index >= 15 is 0 Å². The number of nitrogens with zero attached hydrogens (tertiary/aromatic N) is 2. The fourth-order valence-corrected chi connectivity index (χ4v) is 2.67. The number of nitrogens with two attached hydrogens (primary N) is 1. The van der Waals surface area contributed by atoms with E-state index in [-0.39, 0.29) is 17.9 Å². The Kier molecular flexibility index (Phi) is 4.84. The summed E-state index contributed by atoms with van der Waals surface area (Å²) < 4.78 is 24.0. The van der Waals surface area contributed by atoms with Gasteiger partial charge in [-0.15, -0.1) is 0 Å². The number of rotatable bonds is 6. The monoisotopic (exact) mass is 329 g/mol. The van der Waals surface area contributed by atoms with Crippen molar-refractivity contribution in [2.24, 2.45) is 10.7 Å². The lowest BCUT2D eigenvalue weighted by molar-refractivity contribution is 0.313. The smallest absolute Gasteiger partial charge is 0.282 e. The van der Waals surface area contributed by atoms with Gasteiger partial charge in [0.2, 0.25) is 0 Å². The number of anilines is 1. The molecule has 1 atom stereocenters. The second-order valence-corrected chi connectivity index (χ2v) is 5.64. The maximum absolute atomic E-state index is 13.6. The van der Waals surface area contributed by atoms with Crippen LogP contribution in [0.4, 0.5) is 10.1 Å². The molecule has 5 nitrogen and oxygen atoms in total. The van der Waals surface area contributed by atoms with Gasteiger partial charge in [-0.25, -0.2) is 9.38 Å². The van der Waals surface area contributed by atoms with Gasteiger partial charge in [0.1, 0.15) is 24.2 Å². The molecule has 2 aromatic rings. The molecule has 0 unspecified atom stereocenters. The van der Waals surface area contributed by atoms with Crippen molar-refractivity contribution in [2.75, 3.05) is 25.2 Å². The van der Waals surface area contributed by atoms with Crippen LogP contribution in [0, 0.1) is 5.82 Å². The van der Waals surface area contributed by atoms with Gasteiger partial charge in [-0.2, -0.15) is 0 Å². The van der Waals surface area contributed by atoms with E-state index in [2.05, 4.69) is 9.89 Å². The summed E-state index contributed by atoms with van der Waals surface area (Å²) in [7, 11) is 1.64. The molecule has 0 aromatic heterocycles. The average Bonchev–Trinajstić information content (AvgIpc) is 3.00. The molecule has 0 saturated heterocycles. The van der Waals surface area contributed by atoms with E-state index in [1.807, 2.05) is 30.3 Å². The molecule has 1 aliphatic heterocycles. The van der Waals surface area contributed by atoms with E-state index < -0.39 is 0 Å². The molecule has 126 valence electrons. The van der Waals surface area contributed by atoms with E-state index in [0.717, 1.165) is 17.0 Å². The largest absolute Gasteiger partial charge is 0.497 e. The van der Waals surface area contributed by atoms with Crippen LogP contribution < -0.4 is 15.4 Å². The van der Waals surface area contributed by atoms with Crippen molar-refractivity contribution < 1.29 is 13.9 Å². The fourth-order valence-electron chi connectivity index (χ4n) is 2.67. The number of ether oxygens (including phenoxy) is 2. The average molecular weight is 329 g/mol. The normalized spacial score (nSPS) is 16.4. The third-order valence-electron chi connectivity index (χ3n) is 3.87. The van der Waals surface area contributed by atoms with Crippen molar-refractivity contribution in [3.8, 4) is 5.75 Å². The zero-order valence-corrected chi connectivity index (χ0v) is 13.5. The molecule has 1 heterocycles. The van der Waals surface area contributed by atoms with Crippen molar-refractivity contribution in [1.82, 2.24) is 0 Å². The minimum absolute atomic E-state index is 0.0634. The molecular formula is C18H20FN3O2. The summed E-state index contributed by atoms with van der Waals surface area (Å²) in [6, 6.07) is 14.5. The van der Waals surface area contributed by atoms with E-state index in [1.54, 1.807) is 13.2 Å². The second-order valence-electron chi connectivity index (χ2n) is 5.64. The lowest BCUT2D eigenvalue weighted by Crippen LogP contribution is -2.32. The molecule has 6 heteroatoms. The van der Waals surface area contributed by atoms with Gasteiger partial charge in [0.25, 0.3) is 6.02 Å². The number of amidine groups is 1. The first kappa shape index (κ1) is 16.1. The van der Waals surface area contributed by atoms with Crippen molar-refractivity contribution in [2.45, 2.75) is 12.6 Å². The Hall–Kier alpha value is -2.76. The highest BCUT2D eigenvalue weighted by Crippen LogP contribution is 2.21. The summed E-state index contributed by atoms with van der Waals surface area (Å²) in [6.45, 7) is 1.66. The van der Waals surface area contributed by atoms with Crippen LogP contribution in [0.2, 0.25) is 0 Å². The summed E-state index contributed by atoms with van der Waals surface area (Å²) in [5, 5.41) is 0. The van der Waals surface area contributed by atoms with Crippen molar-refractivity contribution in [1.29, 1.82) is 0 Å². The van der Waals surface area contributed by atoms with Gasteiger partial charge in [0.15, 0.2) is 0 Å². The van der Waals surface area contributed by atoms with Crippen LogP contribution >= 0.6 is 0 Å². The van der Waals surface area contributed by atoms with Crippen LogP contribution in [-0.4, -0.2) is 32.3 Å². The number of benzene rings is 2. The number of hydrogen-bond donors (Lipinski definition) is 1. The van der Waals surface area contributed by atoms with Crippen LogP contribution in [0.15, 0.2) is 53.5 Å². The highest BCUT2D eigenvalue weighted by molar-refractivity contribution is 5.73. The van der Waals surface area contributed by atoms with Crippen LogP contribution in [0.5, 0.6) is 5.75 Å². The van der Waals surface area contributed by atoms with Gasteiger partial charge in [-0.1, -0.05) is 18.2 Å². The highest BCUT2D eigenvalue weighted by atomic mass is 19.1. The number of hydrogen-bond acceptors (Lipinski definition) is 5. The van der Waals surface area contributed by atoms with E-state index in [0.29, 0.717) is 19.7 Å². The summed E-state index contributed by atoms with van der Waals surface area (Å²) in [5.74, 6) is 0.538. The molecule has 1 aliphatic rings. The first-order chi connectivity index (χ1) is 11.6. The molecular weight excluding hydrogens is 309 g/mol. The quantitative estimate of drug-likeness (QED) is 0.885. The first-order valence-corrected chi connectivity index (χ1v) is 7.73. The summed E-state index contributed by atoms with van der Waals surface area (Å²) >= 11 is 0. The Balaban J connectivity index is 1.80. The Morgan fingerprint density at radius 2 is 2.08 bits per heavy atom. The number of halogens is 1. The lowest BCUT2D eigenvalue weighted by atomic mass is 10.1. The van der Waals surface area contributed by atoms with Gasteiger partial charge in [-0.05, 0) is 35.9 Å². The summed E-state index contributed by atoms with van der Waals surface area (Å²) in [6.07, 6.45) is 0. The Labute approximate surface area is 140 Å². The maximum Gasteiger partial charge on any atom is 0.282 e. The molecule has 24 heavy (non-hydrogen) atoms. The second kappa shape index (κ2) is 7.21. The molecule has 0 fully saturated rings. The van der Waals surface area contributed by atoms with E-state index in [9.17, 15) is 4.39 Å². The standard InChI is InChI=1S/C18H20FN3O2/c1-23-17-7-5-13(6-8-17)10-22(11-15-12-24-18(20)21-15)16-4-2-3-14(19)9-16/h2-9,15H,10-12H2,1H3,(H2,20,21)/t15-/m0/s1. The van der Waals surface area contributed by atoms with Gasteiger partial charge in [0, 0.05) is 18.8 Å². The minimum atomic E-state index is -0.266. The molecule has 0 spiro atoms. The molecule has 2 aromatic carbocycles. The minimum Gasteiger partial charge on any atom is -0.497 e. The van der Waals surface area contributed by atoms with E-state index in [4.69, 9.17) is 15.2 Å². The van der Waals surface area contributed by atoms with Gasteiger partial charge in [-0.3, -0.25) is 0 Å². The van der Waals surface area contributed by atoms with Gasteiger partial charge < -0.3 is 20.1 Å². The number of methoxy groups -OCH3 is 1. The predicted octanol–water partition coefficient (Wildman–Crippen LogP) is 2.55. The van der Waals surface area contributed by atoms with Crippen molar-refractivity contribution in [3.05, 3.63) is 59.9 Å². The molecule has 0 saturated carbocycles. The Morgan fingerprint density at radius 3 is 2.71 bits per heavy atom.